The van der Waals surface area contributed by atoms with Gasteiger partial charge in [-0.15, -0.1) is 11.3 Å². The number of benzene rings is 1. The maximum atomic E-state index is 12.2. The van der Waals surface area contributed by atoms with E-state index < -0.39 is 0 Å². The van der Waals surface area contributed by atoms with Crippen LogP contribution in [0.25, 0.3) is 0 Å². The minimum Gasteiger partial charge on any atom is -0.325 e. The van der Waals surface area contributed by atoms with E-state index in [2.05, 4.69) is 15.2 Å². The van der Waals surface area contributed by atoms with Gasteiger partial charge in [-0.2, -0.15) is 0 Å². The van der Waals surface area contributed by atoms with Crippen LogP contribution in [-0.4, -0.2) is 28.9 Å². The average molecular weight is 350 g/mol. The molecule has 1 fully saturated rings. The second-order valence-corrected chi connectivity index (χ2v) is 7.03. The highest BCUT2D eigenvalue weighted by Gasteiger charge is 2.25. The van der Waals surface area contributed by atoms with E-state index in [4.69, 9.17) is 11.6 Å². The van der Waals surface area contributed by atoms with Crippen molar-refractivity contribution >= 4 is 34.5 Å². The highest BCUT2D eigenvalue weighted by atomic mass is 35.5. The van der Waals surface area contributed by atoms with Crippen LogP contribution in [0.4, 0.5) is 5.69 Å². The Kier molecular flexibility index (Phi) is 5.65. The van der Waals surface area contributed by atoms with E-state index in [1.807, 2.05) is 29.8 Å². The zero-order chi connectivity index (χ0) is 16.1. The number of halogens is 1. The Morgan fingerprint density at radius 1 is 1.39 bits per heavy atom. The maximum Gasteiger partial charge on any atom is 0.225 e. The number of nitrogens with one attached hydrogen (secondary N) is 1. The molecule has 122 valence electrons. The Morgan fingerprint density at radius 2 is 2.26 bits per heavy atom. The molecule has 6 heteroatoms. The molecule has 1 N–H and O–H groups in total. The van der Waals surface area contributed by atoms with Gasteiger partial charge in [-0.3, -0.25) is 9.69 Å². The topological polar surface area (TPSA) is 45.2 Å². The summed E-state index contributed by atoms with van der Waals surface area (Å²) in [6.07, 6.45) is 5.87. The predicted molar refractivity (Wildman–Crippen MR) is 95.0 cm³/mol. The van der Waals surface area contributed by atoms with E-state index in [1.165, 1.54) is 12.8 Å². The van der Waals surface area contributed by atoms with Crippen LogP contribution in [0.1, 0.15) is 36.7 Å². The quantitative estimate of drug-likeness (QED) is 0.872. The molecule has 1 atom stereocenters. The number of thiazole rings is 1. The second kappa shape index (κ2) is 7.90. The van der Waals surface area contributed by atoms with Crippen LogP contribution < -0.4 is 5.32 Å². The lowest BCUT2D eigenvalue weighted by atomic mass is 10.0. The number of amides is 1. The first-order chi connectivity index (χ1) is 11.2. The Bertz CT molecular complexity index is 647. The summed E-state index contributed by atoms with van der Waals surface area (Å²) in [7, 11) is 0. The minimum absolute atomic E-state index is 0.00145. The lowest BCUT2D eigenvalue weighted by Crippen LogP contribution is -2.35. The van der Waals surface area contributed by atoms with Gasteiger partial charge < -0.3 is 5.32 Å². The summed E-state index contributed by atoms with van der Waals surface area (Å²) in [6.45, 7) is 1.78. The molecular formula is C17H20ClN3OS. The number of hydrogen-bond acceptors (Lipinski definition) is 4. The predicted octanol–water partition coefficient (Wildman–Crippen LogP) is 4.35. The number of nitrogens with zero attached hydrogens (tertiary/aromatic N) is 2. The lowest BCUT2D eigenvalue weighted by Gasteiger charge is -2.34. The smallest absolute Gasteiger partial charge is 0.225 e. The first-order valence-electron chi connectivity index (χ1n) is 7.92. The Balaban J connectivity index is 1.56. The number of piperidine rings is 1. The van der Waals surface area contributed by atoms with Gasteiger partial charge in [-0.1, -0.05) is 30.2 Å². The number of hydrogen-bond donors (Lipinski definition) is 1. The number of para-hydroxylation sites is 1. The summed E-state index contributed by atoms with van der Waals surface area (Å²) in [4.78, 5) is 19.0. The monoisotopic (exact) mass is 349 g/mol. The minimum atomic E-state index is 0.00145. The molecule has 0 aliphatic carbocycles. The van der Waals surface area contributed by atoms with Crippen LogP contribution in [0, 0.1) is 0 Å². The molecule has 1 saturated heterocycles. The molecule has 2 aromatic rings. The highest BCUT2D eigenvalue weighted by molar-refractivity contribution is 7.09. The highest BCUT2D eigenvalue weighted by Crippen LogP contribution is 2.32. The van der Waals surface area contributed by atoms with Gasteiger partial charge in [0.2, 0.25) is 5.91 Å². The molecule has 1 amide bonds. The van der Waals surface area contributed by atoms with Crippen LogP contribution in [0.15, 0.2) is 35.8 Å². The first-order valence-corrected chi connectivity index (χ1v) is 9.17. The van der Waals surface area contributed by atoms with Gasteiger partial charge in [-0.25, -0.2) is 4.98 Å². The molecule has 0 unspecified atom stereocenters. The molecule has 23 heavy (non-hydrogen) atoms. The van der Waals surface area contributed by atoms with Crippen LogP contribution in [0.5, 0.6) is 0 Å². The van der Waals surface area contributed by atoms with Gasteiger partial charge in [0.1, 0.15) is 5.01 Å². The van der Waals surface area contributed by atoms with Crippen molar-refractivity contribution in [2.24, 2.45) is 0 Å². The standard InChI is InChI=1S/C17H20ClN3OS/c18-13-5-1-2-6-14(13)20-16(22)8-11-21-10-4-3-7-15(21)17-19-9-12-23-17/h1-2,5-6,9,12,15H,3-4,7-8,10-11H2,(H,20,22)/t15-/m1/s1. The fourth-order valence-electron chi connectivity index (χ4n) is 2.96. The molecule has 0 bridgehead atoms. The molecule has 1 aromatic heterocycles. The van der Waals surface area contributed by atoms with Crippen molar-refractivity contribution in [1.29, 1.82) is 0 Å². The molecule has 0 saturated carbocycles. The number of carbonyl (C=O) groups excluding carboxylic acids is 1. The molecular weight excluding hydrogens is 330 g/mol. The molecule has 1 aromatic carbocycles. The molecule has 3 rings (SSSR count). The average Bonchev–Trinajstić information content (AvgIpc) is 3.10. The molecule has 2 heterocycles. The SMILES string of the molecule is O=C(CCN1CCCC[C@@H]1c1nccs1)Nc1ccccc1Cl. The van der Waals surface area contributed by atoms with Crippen LogP contribution in [-0.2, 0) is 4.79 Å². The van der Waals surface area contributed by atoms with E-state index in [0.29, 0.717) is 23.2 Å². The van der Waals surface area contributed by atoms with Crippen molar-refractivity contribution in [3.63, 3.8) is 0 Å². The van der Waals surface area contributed by atoms with E-state index in [9.17, 15) is 4.79 Å². The Hall–Kier alpha value is -1.43. The van der Waals surface area contributed by atoms with Gasteiger partial charge in [-0.05, 0) is 31.5 Å². The first kappa shape index (κ1) is 16.4. The number of rotatable bonds is 5. The van der Waals surface area contributed by atoms with Crippen molar-refractivity contribution in [3.05, 3.63) is 45.9 Å². The zero-order valence-electron chi connectivity index (χ0n) is 12.9. The summed E-state index contributed by atoms with van der Waals surface area (Å²) < 4.78 is 0. The van der Waals surface area contributed by atoms with Crippen LogP contribution in [0.3, 0.4) is 0 Å². The van der Waals surface area contributed by atoms with Gasteiger partial charge in [0.25, 0.3) is 0 Å². The zero-order valence-corrected chi connectivity index (χ0v) is 14.4. The lowest BCUT2D eigenvalue weighted by molar-refractivity contribution is -0.116. The van der Waals surface area contributed by atoms with E-state index in [-0.39, 0.29) is 5.91 Å². The number of carbonyl (C=O) groups is 1. The third-order valence-corrected chi connectivity index (χ3v) is 5.33. The number of likely N-dealkylation sites (tertiary alicyclic amines) is 1. The van der Waals surface area contributed by atoms with Crippen LogP contribution in [0.2, 0.25) is 5.02 Å². The second-order valence-electron chi connectivity index (χ2n) is 5.70. The number of aromatic nitrogens is 1. The fourth-order valence-corrected chi connectivity index (χ4v) is 3.95. The normalized spacial score (nSPS) is 18.7. The van der Waals surface area contributed by atoms with E-state index >= 15 is 0 Å². The Morgan fingerprint density at radius 3 is 3.04 bits per heavy atom. The number of anilines is 1. The van der Waals surface area contributed by atoms with Crippen LogP contribution >= 0.6 is 22.9 Å². The molecule has 1 aliphatic rings. The third-order valence-electron chi connectivity index (χ3n) is 4.12. The molecule has 1 aliphatic heterocycles. The third kappa shape index (κ3) is 4.31. The van der Waals surface area contributed by atoms with E-state index in [1.54, 1.807) is 17.4 Å². The Labute approximate surface area is 145 Å². The summed E-state index contributed by atoms with van der Waals surface area (Å²) in [5, 5.41) is 6.64. The largest absolute Gasteiger partial charge is 0.325 e. The van der Waals surface area contributed by atoms with Crippen molar-refractivity contribution in [2.45, 2.75) is 31.7 Å². The summed E-state index contributed by atoms with van der Waals surface area (Å²) in [6, 6.07) is 7.67. The molecule has 0 spiro atoms. The summed E-state index contributed by atoms with van der Waals surface area (Å²) in [5.41, 5.74) is 0.675. The summed E-state index contributed by atoms with van der Waals surface area (Å²) >= 11 is 7.78. The fraction of sp³-hybridized carbons (Fsp3) is 0.412. The molecule has 0 radical (unpaired) electrons. The van der Waals surface area contributed by atoms with Gasteiger partial charge >= 0.3 is 0 Å². The van der Waals surface area contributed by atoms with Gasteiger partial charge in [0, 0.05) is 24.5 Å². The van der Waals surface area contributed by atoms with Crippen molar-refractivity contribution in [1.82, 2.24) is 9.88 Å². The maximum absolute atomic E-state index is 12.2. The summed E-state index contributed by atoms with van der Waals surface area (Å²) in [5.74, 6) is 0.00145. The van der Waals surface area contributed by atoms with Crippen molar-refractivity contribution in [2.75, 3.05) is 18.4 Å². The molecule has 4 nitrogen and oxygen atoms in total. The van der Waals surface area contributed by atoms with Crippen molar-refractivity contribution < 1.29 is 4.79 Å². The van der Waals surface area contributed by atoms with Gasteiger partial charge in [0.05, 0.1) is 16.8 Å². The van der Waals surface area contributed by atoms with E-state index in [0.717, 1.165) is 24.5 Å². The van der Waals surface area contributed by atoms with Gasteiger partial charge in [0.15, 0.2) is 0 Å². The van der Waals surface area contributed by atoms with Crippen molar-refractivity contribution in [3.8, 4) is 0 Å².